The summed E-state index contributed by atoms with van der Waals surface area (Å²) in [6, 6.07) is 4.13. The summed E-state index contributed by atoms with van der Waals surface area (Å²) in [5, 5.41) is 8.69. The lowest BCUT2D eigenvalue weighted by Gasteiger charge is -2.28. The molecular formula is C20H34N2O. The molecule has 0 saturated heterocycles. The SMILES string of the molecule is CCCCCOc1ccc([C@H]2CC[C@H](CCCCC)CC2)nn1. The molecule has 0 radical (unpaired) electrons. The lowest BCUT2D eigenvalue weighted by atomic mass is 9.78. The highest BCUT2D eigenvalue weighted by atomic mass is 16.5. The van der Waals surface area contributed by atoms with Crippen molar-refractivity contribution in [2.75, 3.05) is 6.61 Å². The Hall–Kier alpha value is -1.12. The smallest absolute Gasteiger partial charge is 0.233 e. The largest absolute Gasteiger partial charge is 0.477 e. The van der Waals surface area contributed by atoms with Crippen molar-refractivity contribution in [3.05, 3.63) is 17.8 Å². The van der Waals surface area contributed by atoms with Gasteiger partial charge in [0, 0.05) is 12.0 Å². The van der Waals surface area contributed by atoms with E-state index < -0.39 is 0 Å². The zero-order chi connectivity index (χ0) is 16.3. The van der Waals surface area contributed by atoms with Gasteiger partial charge in [-0.3, -0.25) is 0 Å². The molecule has 1 aliphatic rings. The van der Waals surface area contributed by atoms with Crippen LogP contribution in [0.2, 0.25) is 0 Å². The van der Waals surface area contributed by atoms with Gasteiger partial charge in [0.05, 0.1) is 12.3 Å². The molecule has 0 aliphatic heterocycles. The number of aromatic nitrogens is 2. The minimum atomic E-state index is 0.610. The molecule has 3 heteroatoms. The highest BCUT2D eigenvalue weighted by Gasteiger charge is 2.23. The second-order valence-corrected chi connectivity index (χ2v) is 7.07. The van der Waals surface area contributed by atoms with Crippen LogP contribution in [0.3, 0.4) is 0 Å². The summed E-state index contributed by atoms with van der Waals surface area (Å²) < 4.78 is 5.65. The van der Waals surface area contributed by atoms with E-state index in [1.165, 1.54) is 64.2 Å². The molecule has 1 saturated carbocycles. The van der Waals surface area contributed by atoms with Crippen molar-refractivity contribution >= 4 is 0 Å². The number of ether oxygens (including phenoxy) is 1. The summed E-state index contributed by atoms with van der Waals surface area (Å²) in [6.07, 6.45) is 14.4. The van der Waals surface area contributed by atoms with Crippen LogP contribution in [0, 0.1) is 5.92 Å². The first-order valence-electron chi connectivity index (χ1n) is 9.79. The quantitative estimate of drug-likeness (QED) is 0.504. The van der Waals surface area contributed by atoms with E-state index >= 15 is 0 Å². The summed E-state index contributed by atoms with van der Waals surface area (Å²) in [6.45, 7) is 5.24. The fourth-order valence-electron chi connectivity index (χ4n) is 3.58. The highest BCUT2D eigenvalue weighted by Crippen LogP contribution is 2.37. The van der Waals surface area contributed by atoms with Crippen LogP contribution in [0.4, 0.5) is 0 Å². The molecule has 1 heterocycles. The maximum Gasteiger partial charge on any atom is 0.233 e. The van der Waals surface area contributed by atoms with Gasteiger partial charge in [0.2, 0.25) is 5.88 Å². The molecule has 1 fully saturated rings. The molecule has 0 N–H and O–H groups in total. The van der Waals surface area contributed by atoms with Crippen molar-refractivity contribution in [1.82, 2.24) is 10.2 Å². The second kappa shape index (κ2) is 10.6. The summed E-state index contributed by atoms with van der Waals surface area (Å²) >= 11 is 0. The van der Waals surface area contributed by atoms with E-state index in [0.29, 0.717) is 11.8 Å². The monoisotopic (exact) mass is 318 g/mol. The molecular weight excluding hydrogens is 284 g/mol. The Kier molecular flexibility index (Phi) is 8.41. The van der Waals surface area contributed by atoms with Crippen LogP contribution >= 0.6 is 0 Å². The van der Waals surface area contributed by atoms with E-state index in [0.717, 1.165) is 24.6 Å². The third kappa shape index (κ3) is 6.48. The Labute approximate surface area is 142 Å². The molecule has 1 aromatic rings. The van der Waals surface area contributed by atoms with Crippen molar-refractivity contribution in [2.24, 2.45) is 5.92 Å². The molecule has 3 nitrogen and oxygen atoms in total. The maximum atomic E-state index is 5.65. The number of rotatable bonds is 10. The van der Waals surface area contributed by atoms with E-state index in [9.17, 15) is 0 Å². The average molecular weight is 319 g/mol. The first-order chi connectivity index (χ1) is 11.3. The second-order valence-electron chi connectivity index (χ2n) is 7.07. The van der Waals surface area contributed by atoms with Crippen LogP contribution in [-0.2, 0) is 0 Å². The predicted molar refractivity (Wildman–Crippen MR) is 95.9 cm³/mol. The molecule has 0 bridgehead atoms. The average Bonchev–Trinajstić information content (AvgIpc) is 2.60. The van der Waals surface area contributed by atoms with Gasteiger partial charge < -0.3 is 4.74 Å². The standard InChI is InChI=1S/C20H34N2O/c1-3-5-7-9-17-10-12-18(13-11-17)19-14-15-20(22-21-19)23-16-8-6-4-2/h14-15,17-18H,3-13,16H2,1-2H3/t17-,18-. The molecule has 23 heavy (non-hydrogen) atoms. The van der Waals surface area contributed by atoms with Gasteiger partial charge in [0.25, 0.3) is 0 Å². The van der Waals surface area contributed by atoms with E-state index in [1.54, 1.807) is 0 Å². The Bertz CT molecular complexity index is 410. The molecule has 130 valence electrons. The van der Waals surface area contributed by atoms with Crippen LogP contribution in [0.15, 0.2) is 12.1 Å². The Balaban J connectivity index is 1.71. The molecule has 0 amide bonds. The van der Waals surface area contributed by atoms with Gasteiger partial charge in [0.1, 0.15) is 0 Å². The van der Waals surface area contributed by atoms with Gasteiger partial charge in [-0.2, -0.15) is 5.10 Å². The van der Waals surface area contributed by atoms with Gasteiger partial charge in [0.15, 0.2) is 0 Å². The molecule has 2 rings (SSSR count). The van der Waals surface area contributed by atoms with Gasteiger partial charge in [-0.15, -0.1) is 5.10 Å². The van der Waals surface area contributed by atoms with Crippen molar-refractivity contribution in [3.63, 3.8) is 0 Å². The minimum Gasteiger partial charge on any atom is -0.477 e. The van der Waals surface area contributed by atoms with E-state index in [-0.39, 0.29) is 0 Å². The predicted octanol–water partition coefficient (Wildman–Crippen LogP) is 5.90. The van der Waals surface area contributed by atoms with Crippen LogP contribution in [0.25, 0.3) is 0 Å². The lowest BCUT2D eigenvalue weighted by molar-refractivity contribution is 0.285. The van der Waals surface area contributed by atoms with Gasteiger partial charge >= 0.3 is 0 Å². The number of hydrogen-bond donors (Lipinski definition) is 0. The van der Waals surface area contributed by atoms with Crippen LogP contribution < -0.4 is 4.74 Å². The number of nitrogens with zero attached hydrogens (tertiary/aromatic N) is 2. The van der Waals surface area contributed by atoms with Gasteiger partial charge in [-0.25, -0.2) is 0 Å². The summed E-state index contributed by atoms with van der Waals surface area (Å²) in [4.78, 5) is 0. The third-order valence-electron chi connectivity index (χ3n) is 5.14. The maximum absolute atomic E-state index is 5.65. The first kappa shape index (κ1) is 18.2. The highest BCUT2D eigenvalue weighted by molar-refractivity contribution is 5.15. The summed E-state index contributed by atoms with van der Waals surface area (Å²) in [5.41, 5.74) is 1.16. The van der Waals surface area contributed by atoms with E-state index in [1.807, 2.05) is 6.07 Å². The van der Waals surface area contributed by atoms with Crippen LogP contribution in [0.5, 0.6) is 5.88 Å². The van der Waals surface area contributed by atoms with Crippen molar-refractivity contribution in [2.45, 2.75) is 90.4 Å². The molecule has 1 aromatic heterocycles. The molecule has 1 aliphatic carbocycles. The topological polar surface area (TPSA) is 35.0 Å². The molecule has 0 spiro atoms. The van der Waals surface area contributed by atoms with Crippen molar-refractivity contribution in [1.29, 1.82) is 0 Å². The van der Waals surface area contributed by atoms with Crippen LogP contribution in [0.1, 0.15) is 96.1 Å². The first-order valence-corrected chi connectivity index (χ1v) is 9.79. The fourth-order valence-corrected chi connectivity index (χ4v) is 3.58. The molecule has 0 atom stereocenters. The zero-order valence-corrected chi connectivity index (χ0v) is 15.1. The summed E-state index contributed by atoms with van der Waals surface area (Å²) in [7, 11) is 0. The van der Waals surface area contributed by atoms with Gasteiger partial charge in [-0.05, 0) is 44.1 Å². The Morgan fingerprint density at radius 2 is 1.65 bits per heavy atom. The lowest BCUT2D eigenvalue weighted by Crippen LogP contribution is -2.14. The van der Waals surface area contributed by atoms with Crippen molar-refractivity contribution in [3.8, 4) is 5.88 Å². The normalized spacial score (nSPS) is 21.3. The van der Waals surface area contributed by atoms with E-state index in [2.05, 4.69) is 30.1 Å². The fraction of sp³-hybridized carbons (Fsp3) is 0.800. The van der Waals surface area contributed by atoms with Gasteiger partial charge in [-0.1, -0.05) is 52.4 Å². The van der Waals surface area contributed by atoms with Crippen LogP contribution in [-0.4, -0.2) is 16.8 Å². The van der Waals surface area contributed by atoms with Crippen molar-refractivity contribution < 1.29 is 4.74 Å². The minimum absolute atomic E-state index is 0.610. The van der Waals surface area contributed by atoms with E-state index in [4.69, 9.17) is 4.74 Å². The Morgan fingerprint density at radius 1 is 0.913 bits per heavy atom. The number of hydrogen-bond acceptors (Lipinski definition) is 3. The molecule has 0 aromatic carbocycles. The summed E-state index contributed by atoms with van der Waals surface area (Å²) in [5.74, 6) is 2.24. The Morgan fingerprint density at radius 3 is 2.30 bits per heavy atom. The third-order valence-corrected chi connectivity index (χ3v) is 5.14. The zero-order valence-electron chi connectivity index (χ0n) is 15.1. The molecule has 0 unspecified atom stereocenters. The number of unbranched alkanes of at least 4 members (excludes halogenated alkanes) is 4.